The van der Waals surface area contributed by atoms with Crippen LogP contribution in [0.5, 0.6) is 0 Å². The molecule has 1 amide bonds. The molecule has 122 valence electrons. The van der Waals surface area contributed by atoms with Gasteiger partial charge in [0.1, 0.15) is 5.69 Å². The Kier molecular flexibility index (Phi) is 3.86. The van der Waals surface area contributed by atoms with Crippen molar-refractivity contribution in [3.8, 4) is 11.3 Å². The summed E-state index contributed by atoms with van der Waals surface area (Å²) in [6.07, 6.45) is 4.14. The molecule has 0 radical (unpaired) electrons. The van der Waals surface area contributed by atoms with Crippen LogP contribution >= 0.6 is 0 Å². The van der Waals surface area contributed by atoms with Gasteiger partial charge in [-0.3, -0.25) is 9.89 Å². The predicted molar refractivity (Wildman–Crippen MR) is 88.3 cm³/mol. The van der Waals surface area contributed by atoms with Crippen LogP contribution < -0.4 is 5.32 Å². The van der Waals surface area contributed by atoms with E-state index in [-0.39, 0.29) is 5.91 Å². The minimum atomic E-state index is -0.168. The molecule has 3 aromatic rings. The van der Waals surface area contributed by atoms with Crippen LogP contribution in [0, 0.1) is 0 Å². The molecule has 6 nitrogen and oxygen atoms in total. The molecule has 0 saturated heterocycles. The third-order valence-corrected chi connectivity index (χ3v) is 4.32. The standard InChI is InChI=1S/C18H18N4O2/c23-18(17-14-8-4-5-9-15(14)20-21-17)19-11-13-10-16(24-22-13)12-6-2-1-3-7-12/h1-3,6-7,10H,4-5,8-9,11H2,(H,19,23)(H,20,21). The monoisotopic (exact) mass is 322 g/mol. The number of aryl methyl sites for hydroxylation is 1. The Morgan fingerprint density at radius 3 is 2.92 bits per heavy atom. The number of benzene rings is 1. The van der Waals surface area contributed by atoms with Gasteiger partial charge >= 0.3 is 0 Å². The summed E-state index contributed by atoms with van der Waals surface area (Å²) in [4.78, 5) is 12.4. The van der Waals surface area contributed by atoms with Gasteiger partial charge in [0.2, 0.25) is 0 Å². The second-order valence-corrected chi connectivity index (χ2v) is 5.97. The second-order valence-electron chi connectivity index (χ2n) is 5.97. The van der Waals surface area contributed by atoms with E-state index in [1.54, 1.807) is 0 Å². The average molecular weight is 322 g/mol. The first-order valence-corrected chi connectivity index (χ1v) is 8.16. The average Bonchev–Trinajstić information content (AvgIpc) is 3.27. The smallest absolute Gasteiger partial charge is 0.272 e. The molecule has 1 aromatic carbocycles. The van der Waals surface area contributed by atoms with E-state index in [1.807, 2.05) is 36.4 Å². The molecule has 0 aliphatic heterocycles. The summed E-state index contributed by atoms with van der Waals surface area (Å²) in [5.74, 6) is 0.524. The maximum absolute atomic E-state index is 12.4. The van der Waals surface area contributed by atoms with Gasteiger partial charge in [-0.05, 0) is 25.7 Å². The molecule has 2 heterocycles. The highest BCUT2D eigenvalue weighted by atomic mass is 16.5. The highest BCUT2D eigenvalue weighted by Gasteiger charge is 2.21. The summed E-state index contributed by atoms with van der Waals surface area (Å²) >= 11 is 0. The van der Waals surface area contributed by atoms with E-state index in [1.165, 1.54) is 0 Å². The van der Waals surface area contributed by atoms with Crippen molar-refractivity contribution in [2.45, 2.75) is 32.2 Å². The number of nitrogens with one attached hydrogen (secondary N) is 2. The Hall–Kier alpha value is -2.89. The first-order chi connectivity index (χ1) is 11.8. The van der Waals surface area contributed by atoms with Crippen molar-refractivity contribution in [2.24, 2.45) is 0 Å². The maximum Gasteiger partial charge on any atom is 0.272 e. The van der Waals surface area contributed by atoms with E-state index in [2.05, 4.69) is 20.7 Å². The fraction of sp³-hybridized carbons (Fsp3) is 0.278. The number of amides is 1. The highest BCUT2D eigenvalue weighted by molar-refractivity contribution is 5.94. The lowest BCUT2D eigenvalue weighted by atomic mass is 9.96. The number of carbonyl (C=O) groups is 1. The zero-order valence-corrected chi connectivity index (χ0v) is 13.2. The third kappa shape index (κ3) is 2.82. The molecular formula is C18H18N4O2. The van der Waals surface area contributed by atoms with Gasteiger partial charge in [-0.15, -0.1) is 0 Å². The fourth-order valence-corrected chi connectivity index (χ4v) is 3.06. The van der Waals surface area contributed by atoms with Crippen LogP contribution in [0.1, 0.15) is 40.3 Å². The Labute approximate surface area is 139 Å². The molecule has 1 aliphatic rings. The molecule has 4 rings (SSSR count). The molecule has 0 fully saturated rings. The van der Waals surface area contributed by atoms with Gasteiger partial charge in [-0.2, -0.15) is 5.10 Å². The van der Waals surface area contributed by atoms with E-state index >= 15 is 0 Å². The van der Waals surface area contributed by atoms with Gasteiger partial charge in [0, 0.05) is 22.9 Å². The van der Waals surface area contributed by atoms with E-state index < -0.39 is 0 Å². The van der Waals surface area contributed by atoms with Crippen LogP contribution in [0.4, 0.5) is 0 Å². The third-order valence-electron chi connectivity index (χ3n) is 4.32. The summed E-state index contributed by atoms with van der Waals surface area (Å²) in [7, 11) is 0. The van der Waals surface area contributed by atoms with Crippen LogP contribution in [0.25, 0.3) is 11.3 Å². The lowest BCUT2D eigenvalue weighted by Crippen LogP contribution is -2.24. The summed E-state index contributed by atoms with van der Waals surface area (Å²) in [6.45, 7) is 0.316. The molecule has 0 bridgehead atoms. The van der Waals surface area contributed by atoms with E-state index in [0.717, 1.165) is 42.5 Å². The van der Waals surface area contributed by atoms with Gasteiger partial charge in [-0.1, -0.05) is 35.5 Å². The Morgan fingerprint density at radius 2 is 2.04 bits per heavy atom. The molecule has 2 aromatic heterocycles. The fourth-order valence-electron chi connectivity index (χ4n) is 3.06. The van der Waals surface area contributed by atoms with E-state index in [0.29, 0.717) is 23.7 Å². The van der Waals surface area contributed by atoms with E-state index in [9.17, 15) is 4.79 Å². The van der Waals surface area contributed by atoms with Crippen LogP contribution in [0.15, 0.2) is 40.9 Å². The van der Waals surface area contributed by atoms with Crippen molar-refractivity contribution in [3.63, 3.8) is 0 Å². The van der Waals surface area contributed by atoms with Crippen LogP contribution in [-0.2, 0) is 19.4 Å². The van der Waals surface area contributed by atoms with Gasteiger partial charge in [-0.25, -0.2) is 0 Å². The number of fused-ring (bicyclic) bond motifs is 1. The number of rotatable bonds is 4. The first-order valence-electron chi connectivity index (χ1n) is 8.16. The maximum atomic E-state index is 12.4. The zero-order chi connectivity index (χ0) is 16.4. The second kappa shape index (κ2) is 6.31. The largest absolute Gasteiger partial charge is 0.356 e. The Balaban J connectivity index is 1.43. The molecular weight excluding hydrogens is 304 g/mol. The van der Waals surface area contributed by atoms with Crippen LogP contribution in [-0.4, -0.2) is 21.3 Å². The lowest BCUT2D eigenvalue weighted by Gasteiger charge is -2.10. The minimum Gasteiger partial charge on any atom is -0.356 e. The van der Waals surface area contributed by atoms with Crippen molar-refractivity contribution in [3.05, 3.63) is 59.0 Å². The predicted octanol–water partition coefficient (Wildman–Crippen LogP) is 2.87. The molecule has 1 aliphatic carbocycles. The SMILES string of the molecule is O=C(NCc1cc(-c2ccccc2)on1)c1n[nH]c2c1CCCC2. The molecule has 6 heteroatoms. The Morgan fingerprint density at radius 1 is 1.21 bits per heavy atom. The minimum absolute atomic E-state index is 0.168. The summed E-state index contributed by atoms with van der Waals surface area (Å²) in [5.41, 5.74) is 4.31. The van der Waals surface area contributed by atoms with Crippen molar-refractivity contribution >= 4 is 5.91 Å². The number of aromatic nitrogens is 3. The topological polar surface area (TPSA) is 83.8 Å². The summed E-state index contributed by atoms with van der Waals surface area (Å²) < 4.78 is 5.34. The number of hydrogen-bond acceptors (Lipinski definition) is 4. The number of aromatic amines is 1. The summed E-state index contributed by atoms with van der Waals surface area (Å²) in [5, 5.41) is 14.1. The zero-order valence-electron chi connectivity index (χ0n) is 13.2. The van der Waals surface area contributed by atoms with Gasteiger partial charge in [0.05, 0.1) is 6.54 Å². The molecule has 0 saturated carbocycles. The summed E-state index contributed by atoms with van der Waals surface area (Å²) in [6, 6.07) is 11.6. The Bertz CT molecular complexity index is 851. The van der Waals surface area contributed by atoms with Gasteiger partial charge in [0.25, 0.3) is 5.91 Å². The van der Waals surface area contributed by atoms with Gasteiger partial charge < -0.3 is 9.84 Å². The number of hydrogen-bond donors (Lipinski definition) is 2. The molecule has 0 atom stereocenters. The normalized spacial score (nSPS) is 13.5. The van der Waals surface area contributed by atoms with Crippen molar-refractivity contribution in [2.75, 3.05) is 0 Å². The first kappa shape index (κ1) is 14.7. The number of H-pyrrole nitrogens is 1. The molecule has 24 heavy (non-hydrogen) atoms. The van der Waals surface area contributed by atoms with E-state index in [4.69, 9.17) is 4.52 Å². The molecule has 2 N–H and O–H groups in total. The van der Waals surface area contributed by atoms with Crippen molar-refractivity contribution in [1.82, 2.24) is 20.7 Å². The number of carbonyl (C=O) groups excluding carboxylic acids is 1. The lowest BCUT2D eigenvalue weighted by molar-refractivity contribution is 0.0944. The number of nitrogens with zero attached hydrogens (tertiary/aromatic N) is 2. The van der Waals surface area contributed by atoms with Crippen molar-refractivity contribution < 1.29 is 9.32 Å². The molecule has 0 unspecified atom stereocenters. The quantitative estimate of drug-likeness (QED) is 0.773. The van der Waals surface area contributed by atoms with Gasteiger partial charge in [0.15, 0.2) is 11.5 Å². The molecule has 0 spiro atoms. The highest BCUT2D eigenvalue weighted by Crippen LogP contribution is 2.22. The van der Waals surface area contributed by atoms with Crippen LogP contribution in [0.2, 0.25) is 0 Å². The van der Waals surface area contributed by atoms with Crippen LogP contribution in [0.3, 0.4) is 0 Å². The van der Waals surface area contributed by atoms with Crippen molar-refractivity contribution in [1.29, 1.82) is 0 Å².